The van der Waals surface area contributed by atoms with Crippen LogP contribution in [0.5, 0.6) is 0 Å². The highest BCUT2D eigenvalue weighted by molar-refractivity contribution is 6.30. The van der Waals surface area contributed by atoms with Gasteiger partial charge in [-0.25, -0.2) is 14.4 Å². The average Bonchev–Trinajstić information content (AvgIpc) is 2.90. The van der Waals surface area contributed by atoms with Crippen molar-refractivity contribution in [3.63, 3.8) is 0 Å². The number of aromatic carboxylic acids is 3. The fraction of sp³-hybridized carbons (Fsp3) is 0.185. The van der Waals surface area contributed by atoms with Gasteiger partial charge in [0.1, 0.15) is 0 Å². The van der Waals surface area contributed by atoms with Gasteiger partial charge in [-0.05, 0) is 54.7 Å². The zero-order chi connectivity index (χ0) is 28.4. The second kappa shape index (κ2) is 10.9. The number of carbonyl (C=O) groups excluding carboxylic acids is 1. The molecule has 0 saturated carbocycles. The van der Waals surface area contributed by atoms with Crippen LogP contribution >= 0.6 is 11.6 Å². The summed E-state index contributed by atoms with van der Waals surface area (Å²) in [6, 6.07) is 12.0. The highest BCUT2D eigenvalue weighted by Crippen LogP contribution is 2.38. The lowest BCUT2D eigenvalue weighted by Gasteiger charge is -2.36. The normalized spacial score (nSPS) is 14.2. The molecule has 1 atom stereocenters. The minimum absolute atomic E-state index is 0.106. The van der Waals surface area contributed by atoms with Crippen molar-refractivity contribution >= 4 is 41.1 Å². The van der Waals surface area contributed by atoms with Crippen LogP contribution in [0.15, 0.2) is 54.6 Å². The molecule has 200 valence electrons. The van der Waals surface area contributed by atoms with E-state index in [0.29, 0.717) is 18.9 Å². The molecular weight excluding hydrogens is 532 g/mol. The first-order valence-corrected chi connectivity index (χ1v) is 12.1. The van der Waals surface area contributed by atoms with Gasteiger partial charge in [0, 0.05) is 16.7 Å². The third-order valence-electron chi connectivity index (χ3n) is 6.64. The first-order chi connectivity index (χ1) is 18.5. The summed E-state index contributed by atoms with van der Waals surface area (Å²) in [5.41, 5.74) is -1.33. The van der Waals surface area contributed by atoms with Crippen molar-refractivity contribution in [3.8, 4) is 0 Å². The van der Waals surface area contributed by atoms with Crippen LogP contribution < -0.4 is 0 Å². The molecule has 1 aliphatic carbocycles. The topological polar surface area (TPSA) is 175 Å². The molecule has 0 radical (unpaired) electrons. The monoisotopic (exact) mass is 552 g/mol. The van der Waals surface area contributed by atoms with Gasteiger partial charge < -0.3 is 20.2 Å². The van der Waals surface area contributed by atoms with E-state index in [9.17, 15) is 44.6 Å². The predicted molar refractivity (Wildman–Crippen MR) is 137 cm³/mol. The third kappa shape index (κ3) is 5.43. The van der Waals surface area contributed by atoms with E-state index in [4.69, 9.17) is 11.6 Å². The molecule has 1 aliphatic rings. The molecule has 0 saturated heterocycles. The summed E-state index contributed by atoms with van der Waals surface area (Å²) in [5, 5.41) is 40.8. The molecule has 3 aromatic rings. The number of carboxylic acids is 3. The van der Waals surface area contributed by atoms with E-state index in [1.165, 1.54) is 17.0 Å². The Bertz CT molecular complexity index is 1540. The van der Waals surface area contributed by atoms with E-state index in [0.717, 1.165) is 29.7 Å². The Morgan fingerprint density at radius 3 is 2.10 bits per heavy atom. The number of halogens is 1. The molecule has 11 nitrogen and oxygen atoms in total. The maximum Gasteiger partial charge on any atom is 0.336 e. The fourth-order valence-corrected chi connectivity index (χ4v) is 5.03. The number of hydrogen-bond donors (Lipinski definition) is 3. The number of rotatable bonds is 8. The maximum absolute atomic E-state index is 14.1. The van der Waals surface area contributed by atoms with Gasteiger partial charge in [-0.3, -0.25) is 14.9 Å². The SMILES string of the molecule is O=C(O)c1cc(C(=O)O)c(C(=O)N(Cc2ccc(Cl)cc2[N+](=O)[O-])[C@H]2CCCc3ccccc32)cc1C(=O)O. The lowest BCUT2D eigenvalue weighted by molar-refractivity contribution is -0.385. The Labute approximate surface area is 226 Å². The van der Waals surface area contributed by atoms with Crippen LogP contribution in [0.4, 0.5) is 5.69 Å². The quantitative estimate of drug-likeness (QED) is 0.254. The zero-order valence-corrected chi connectivity index (χ0v) is 20.9. The summed E-state index contributed by atoms with van der Waals surface area (Å²) in [7, 11) is 0. The summed E-state index contributed by atoms with van der Waals surface area (Å²) in [6.07, 6.45) is 1.84. The van der Waals surface area contributed by atoms with Gasteiger partial charge >= 0.3 is 17.9 Å². The standard InChI is InChI=1S/C27H21ClN2O9/c28-16-9-8-15(23(10-16)30(38)39)13-29(22-7-3-5-14-4-1-2-6-17(14)22)24(31)18-11-20(26(34)35)21(27(36)37)12-19(18)25(32)33/h1-2,4,6,8-12,22H,3,5,7,13H2,(H,32,33)(H,34,35)(H,36,37)/t22-/m0/s1. The average molecular weight is 553 g/mol. The molecule has 0 aliphatic heterocycles. The van der Waals surface area contributed by atoms with Gasteiger partial charge in [-0.2, -0.15) is 0 Å². The molecule has 3 aromatic carbocycles. The third-order valence-corrected chi connectivity index (χ3v) is 6.87. The molecule has 0 fully saturated rings. The Morgan fingerprint density at radius 2 is 1.49 bits per heavy atom. The minimum Gasteiger partial charge on any atom is -0.478 e. The minimum atomic E-state index is -1.68. The molecule has 0 heterocycles. The van der Waals surface area contributed by atoms with Crippen LogP contribution in [-0.4, -0.2) is 49.0 Å². The number of nitrogens with zero attached hydrogens (tertiary/aromatic N) is 2. The van der Waals surface area contributed by atoms with Crippen molar-refractivity contribution in [1.29, 1.82) is 0 Å². The predicted octanol–water partition coefficient (Wildman–Crippen LogP) is 5.06. The van der Waals surface area contributed by atoms with Crippen LogP contribution in [0, 0.1) is 10.1 Å². The number of aryl methyl sites for hydroxylation is 1. The van der Waals surface area contributed by atoms with Gasteiger partial charge in [0.15, 0.2) is 0 Å². The number of carbonyl (C=O) groups is 4. The van der Waals surface area contributed by atoms with Crippen molar-refractivity contribution in [1.82, 2.24) is 4.90 Å². The van der Waals surface area contributed by atoms with E-state index < -0.39 is 57.0 Å². The van der Waals surface area contributed by atoms with Crippen molar-refractivity contribution in [2.45, 2.75) is 31.8 Å². The molecular formula is C27H21ClN2O9. The van der Waals surface area contributed by atoms with Crippen molar-refractivity contribution < 1.29 is 39.4 Å². The molecule has 3 N–H and O–H groups in total. The summed E-state index contributed by atoms with van der Waals surface area (Å²) in [4.78, 5) is 62.1. The maximum atomic E-state index is 14.1. The van der Waals surface area contributed by atoms with Crippen molar-refractivity contribution in [2.75, 3.05) is 0 Å². The lowest BCUT2D eigenvalue weighted by atomic mass is 9.86. The lowest BCUT2D eigenvalue weighted by Crippen LogP contribution is -2.37. The smallest absolute Gasteiger partial charge is 0.336 e. The number of fused-ring (bicyclic) bond motifs is 1. The molecule has 0 spiro atoms. The zero-order valence-electron chi connectivity index (χ0n) is 20.2. The van der Waals surface area contributed by atoms with Crippen LogP contribution in [0.25, 0.3) is 0 Å². The van der Waals surface area contributed by atoms with Crippen molar-refractivity contribution in [3.05, 3.63) is 109 Å². The van der Waals surface area contributed by atoms with E-state index in [1.54, 1.807) is 6.07 Å². The molecule has 12 heteroatoms. The fourth-order valence-electron chi connectivity index (χ4n) is 4.86. The summed E-state index contributed by atoms with van der Waals surface area (Å²) < 4.78 is 0. The number of hydrogen-bond acceptors (Lipinski definition) is 6. The number of nitro groups is 1. The molecule has 4 rings (SSSR count). The van der Waals surface area contributed by atoms with Gasteiger partial charge in [0.05, 0.1) is 39.8 Å². The number of nitro benzene ring substituents is 1. The van der Waals surface area contributed by atoms with Gasteiger partial charge in [0.2, 0.25) is 0 Å². The van der Waals surface area contributed by atoms with Gasteiger partial charge in [-0.15, -0.1) is 0 Å². The summed E-state index contributed by atoms with van der Waals surface area (Å²) >= 11 is 5.96. The van der Waals surface area contributed by atoms with E-state index in [-0.39, 0.29) is 22.8 Å². The molecule has 0 bridgehead atoms. The summed E-state index contributed by atoms with van der Waals surface area (Å²) in [5.74, 6) is -5.90. The van der Waals surface area contributed by atoms with E-state index in [2.05, 4.69) is 0 Å². The van der Waals surface area contributed by atoms with Gasteiger partial charge in [-0.1, -0.05) is 35.9 Å². The first kappa shape index (κ1) is 27.3. The highest BCUT2D eigenvalue weighted by atomic mass is 35.5. The Kier molecular flexibility index (Phi) is 7.63. The van der Waals surface area contributed by atoms with E-state index in [1.807, 2.05) is 18.2 Å². The number of carboxylic acid groups (broad SMARTS) is 3. The van der Waals surface area contributed by atoms with Crippen LogP contribution in [0.2, 0.25) is 5.02 Å². The summed E-state index contributed by atoms with van der Waals surface area (Å²) in [6.45, 7) is -0.326. The number of amides is 1. The van der Waals surface area contributed by atoms with E-state index >= 15 is 0 Å². The Morgan fingerprint density at radius 1 is 0.897 bits per heavy atom. The molecule has 1 amide bonds. The van der Waals surface area contributed by atoms with Crippen molar-refractivity contribution in [2.24, 2.45) is 0 Å². The van der Waals surface area contributed by atoms with Crippen LogP contribution in [0.1, 0.15) is 77.0 Å². The van der Waals surface area contributed by atoms with Crippen LogP contribution in [0.3, 0.4) is 0 Å². The number of benzene rings is 3. The highest BCUT2D eigenvalue weighted by Gasteiger charge is 2.34. The Hall–Kier alpha value is -4.77. The largest absolute Gasteiger partial charge is 0.478 e. The first-order valence-electron chi connectivity index (χ1n) is 11.7. The van der Waals surface area contributed by atoms with Crippen LogP contribution in [-0.2, 0) is 13.0 Å². The molecule has 39 heavy (non-hydrogen) atoms. The van der Waals surface area contributed by atoms with Gasteiger partial charge in [0.25, 0.3) is 11.6 Å². The Balaban J connectivity index is 1.93. The second-order valence-corrected chi connectivity index (χ2v) is 9.37. The molecule has 0 aromatic heterocycles. The molecule has 0 unspecified atom stereocenters. The second-order valence-electron chi connectivity index (χ2n) is 8.93.